The van der Waals surface area contributed by atoms with E-state index in [2.05, 4.69) is 20.3 Å². The molecule has 0 aliphatic carbocycles. The quantitative estimate of drug-likeness (QED) is 0.576. The zero-order chi connectivity index (χ0) is 18.6. The van der Waals surface area contributed by atoms with E-state index in [-0.39, 0.29) is 6.10 Å². The van der Waals surface area contributed by atoms with Crippen molar-refractivity contribution in [3.8, 4) is 5.75 Å². The molecule has 2 N–H and O–H groups in total. The Morgan fingerprint density at radius 1 is 1.27 bits per heavy atom. The molecule has 0 fully saturated rings. The van der Waals surface area contributed by atoms with E-state index < -0.39 is 13.9 Å². The predicted molar refractivity (Wildman–Crippen MR) is 97.2 cm³/mol. The van der Waals surface area contributed by atoms with Crippen LogP contribution in [0.15, 0.2) is 43.0 Å². The van der Waals surface area contributed by atoms with Gasteiger partial charge in [0.05, 0.1) is 19.0 Å². The fourth-order valence-corrected chi connectivity index (χ4v) is 3.37. The third kappa shape index (κ3) is 4.37. The molecule has 2 heterocycles. The van der Waals surface area contributed by atoms with Gasteiger partial charge in [-0.1, -0.05) is 18.2 Å². The maximum absolute atomic E-state index is 12.1. The van der Waals surface area contributed by atoms with Crippen LogP contribution < -0.4 is 9.84 Å². The molecule has 0 bridgehead atoms. The summed E-state index contributed by atoms with van der Waals surface area (Å²) in [5.41, 5.74) is 1.31. The molecule has 2 aromatic heterocycles. The van der Waals surface area contributed by atoms with Crippen molar-refractivity contribution in [1.82, 2.24) is 19.5 Å². The van der Waals surface area contributed by atoms with Gasteiger partial charge in [0, 0.05) is 7.05 Å². The van der Waals surface area contributed by atoms with Gasteiger partial charge in [0.15, 0.2) is 17.8 Å². The molecule has 3 rings (SSSR count). The molecule has 2 atom stereocenters. The fraction of sp³-hybridized carbons (Fsp3) is 0.312. The number of rotatable bonds is 8. The molecule has 9 nitrogen and oxygen atoms in total. The van der Waals surface area contributed by atoms with Crippen LogP contribution in [0.1, 0.15) is 6.92 Å². The lowest BCUT2D eigenvalue weighted by Gasteiger charge is -2.17. The second-order valence-corrected chi connectivity index (χ2v) is 7.41. The third-order valence-electron chi connectivity index (χ3n) is 3.61. The summed E-state index contributed by atoms with van der Waals surface area (Å²) >= 11 is 0. The number of nitrogens with zero attached hydrogens (tertiary/aromatic N) is 4. The molecule has 138 valence electrons. The van der Waals surface area contributed by atoms with E-state index in [0.717, 1.165) is 0 Å². The predicted octanol–water partition coefficient (Wildman–Crippen LogP) is 2.50. The van der Waals surface area contributed by atoms with E-state index in [1.807, 2.05) is 4.57 Å². The minimum atomic E-state index is -3.90. The summed E-state index contributed by atoms with van der Waals surface area (Å²) in [6.45, 7) is 2.22. The van der Waals surface area contributed by atoms with Crippen LogP contribution in [0.2, 0.25) is 0 Å². The molecular weight excluding hydrogens is 357 g/mol. The van der Waals surface area contributed by atoms with E-state index in [1.165, 1.54) is 6.33 Å². The van der Waals surface area contributed by atoms with Crippen LogP contribution in [0.25, 0.3) is 11.2 Å². The van der Waals surface area contributed by atoms with Gasteiger partial charge < -0.3 is 24.0 Å². The summed E-state index contributed by atoms with van der Waals surface area (Å²) in [4.78, 5) is 22.6. The van der Waals surface area contributed by atoms with Gasteiger partial charge in [0.2, 0.25) is 0 Å². The van der Waals surface area contributed by atoms with Crippen LogP contribution in [-0.2, 0) is 15.8 Å². The van der Waals surface area contributed by atoms with Crippen molar-refractivity contribution in [2.24, 2.45) is 0 Å². The minimum absolute atomic E-state index is 0.325. The van der Waals surface area contributed by atoms with Crippen LogP contribution in [0, 0.1) is 0 Å². The highest BCUT2D eigenvalue weighted by Gasteiger charge is 2.23. The molecule has 10 heteroatoms. The van der Waals surface area contributed by atoms with Crippen LogP contribution in [0.3, 0.4) is 0 Å². The van der Waals surface area contributed by atoms with E-state index in [4.69, 9.17) is 9.26 Å². The fourth-order valence-electron chi connectivity index (χ4n) is 2.42. The van der Waals surface area contributed by atoms with Crippen LogP contribution >= 0.6 is 7.60 Å². The Labute approximate surface area is 150 Å². The van der Waals surface area contributed by atoms with Crippen LogP contribution in [0.4, 0.5) is 5.82 Å². The zero-order valence-electron chi connectivity index (χ0n) is 14.4. The standard InChI is InChI=1S/C16H20N5O4P/c1-12(24-11-26(22,23)25-13-6-4-3-5-7-13)8-21-10-20-14-15(17-2)18-9-19-16(14)21/h3-7,9-10,12H,8,11H2,1-2H3,(H,22,23)(H,17,18,19)/t12-/m1/s1. The Kier molecular flexibility index (Phi) is 5.51. The molecule has 0 spiro atoms. The van der Waals surface area contributed by atoms with Gasteiger partial charge in [0.1, 0.15) is 17.6 Å². The molecule has 1 unspecified atom stereocenters. The Hall–Kier alpha value is -2.48. The number of benzene rings is 1. The van der Waals surface area contributed by atoms with Crippen molar-refractivity contribution in [2.45, 2.75) is 19.6 Å². The van der Waals surface area contributed by atoms with Crippen LogP contribution in [0.5, 0.6) is 5.75 Å². The van der Waals surface area contributed by atoms with E-state index >= 15 is 0 Å². The smallest absolute Gasteiger partial charge is 0.402 e. The number of para-hydroxylation sites is 1. The Balaban J connectivity index is 1.61. The second kappa shape index (κ2) is 7.82. The number of fused-ring (bicyclic) bond motifs is 1. The first-order valence-electron chi connectivity index (χ1n) is 8.00. The molecule has 0 aliphatic heterocycles. The lowest BCUT2D eigenvalue weighted by atomic mass is 10.3. The van der Waals surface area contributed by atoms with Gasteiger partial charge in [-0.2, -0.15) is 0 Å². The highest BCUT2D eigenvalue weighted by Crippen LogP contribution is 2.42. The molecule has 26 heavy (non-hydrogen) atoms. The van der Waals surface area contributed by atoms with Crippen molar-refractivity contribution in [3.63, 3.8) is 0 Å². The molecule has 0 radical (unpaired) electrons. The second-order valence-electron chi connectivity index (χ2n) is 5.69. The van der Waals surface area contributed by atoms with Crippen molar-refractivity contribution in [3.05, 3.63) is 43.0 Å². The SMILES string of the molecule is CNc1ncnc2c1ncn2C[C@@H](C)OCP(=O)(O)Oc1ccccc1. The molecule has 0 aliphatic rings. The average molecular weight is 377 g/mol. The first-order valence-corrected chi connectivity index (χ1v) is 9.76. The van der Waals surface area contributed by atoms with Gasteiger partial charge >= 0.3 is 7.60 Å². The maximum atomic E-state index is 12.1. The molecule has 0 saturated heterocycles. The molecular formula is C16H20N5O4P. The maximum Gasteiger partial charge on any atom is 0.402 e. The number of anilines is 1. The number of nitrogens with one attached hydrogen (secondary N) is 1. The van der Waals surface area contributed by atoms with Crippen molar-refractivity contribution in [1.29, 1.82) is 0 Å². The zero-order valence-corrected chi connectivity index (χ0v) is 15.3. The van der Waals surface area contributed by atoms with Gasteiger partial charge in [-0.25, -0.2) is 19.5 Å². The number of hydrogen-bond donors (Lipinski definition) is 2. The first kappa shape index (κ1) is 18.3. The normalized spacial score (nSPS) is 14.7. The summed E-state index contributed by atoms with van der Waals surface area (Å²) in [6.07, 6.45) is 2.33. The highest BCUT2D eigenvalue weighted by molar-refractivity contribution is 7.53. The number of ether oxygens (including phenoxy) is 1. The van der Waals surface area contributed by atoms with Crippen LogP contribution in [-0.4, -0.2) is 43.9 Å². The minimum Gasteiger partial charge on any atom is -0.423 e. The molecule has 0 amide bonds. The summed E-state index contributed by atoms with van der Waals surface area (Å²) in [6, 6.07) is 8.48. The molecule has 0 saturated carbocycles. The largest absolute Gasteiger partial charge is 0.423 e. The highest BCUT2D eigenvalue weighted by atomic mass is 31.2. The molecule has 3 aromatic rings. The van der Waals surface area contributed by atoms with Crippen molar-refractivity contribution in [2.75, 3.05) is 18.7 Å². The summed E-state index contributed by atoms with van der Waals surface area (Å²) in [7, 11) is -2.14. The monoisotopic (exact) mass is 377 g/mol. The van der Waals surface area contributed by atoms with E-state index in [0.29, 0.717) is 29.3 Å². The van der Waals surface area contributed by atoms with Gasteiger partial charge in [-0.05, 0) is 19.1 Å². The number of imidazole rings is 1. The summed E-state index contributed by atoms with van der Waals surface area (Å²) in [5.74, 6) is 0.963. The van der Waals surface area contributed by atoms with E-state index in [1.54, 1.807) is 50.6 Å². The van der Waals surface area contributed by atoms with Gasteiger partial charge in [-0.15, -0.1) is 0 Å². The average Bonchev–Trinajstić information content (AvgIpc) is 3.03. The Morgan fingerprint density at radius 2 is 2.04 bits per heavy atom. The lowest BCUT2D eigenvalue weighted by Crippen LogP contribution is -2.18. The first-order chi connectivity index (χ1) is 12.5. The Bertz CT molecular complexity index is 917. The van der Waals surface area contributed by atoms with Gasteiger partial charge in [0.25, 0.3) is 0 Å². The summed E-state index contributed by atoms with van der Waals surface area (Å²) < 4.78 is 24.6. The topological polar surface area (TPSA) is 111 Å². The molecule has 1 aromatic carbocycles. The number of aromatic nitrogens is 4. The van der Waals surface area contributed by atoms with Crippen molar-refractivity contribution < 1.29 is 18.7 Å². The Morgan fingerprint density at radius 3 is 2.77 bits per heavy atom. The third-order valence-corrected chi connectivity index (χ3v) is 4.58. The van der Waals surface area contributed by atoms with E-state index in [9.17, 15) is 9.46 Å². The summed E-state index contributed by atoms with van der Waals surface area (Å²) in [5, 5.41) is 2.96. The number of hydrogen-bond acceptors (Lipinski definition) is 7. The van der Waals surface area contributed by atoms with Crippen molar-refractivity contribution >= 4 is 24.6 Å². The lowest BCUT2D eigenvalue weighted by molar-refractivity contribution is 0.0772. The van der Waals surface area contributed by atoms with Gasteiger partial charge in [-0.3, -0.25) is 0 Å².